The number of aryl methyl sites for hydroxylation is 3. The molecule has 0 N–H and O–H groups in total. The Morgan fingerprint density at radius 1 is 0.694 bits per heavy atom. The molecule has 0 atom stereocenters. The molecule has 0 saturated heterocycles. The maximum Gasteiger partial charge on any atom is 0.416 e. The molecule has 0 radical (unpaired) electrons. The monoisotopic (exact) mass is 530 g/mol. The lowest BCUT2D eigenvalue weighted by molar-refractivity contribution is -0.137. The van der Waals surface area contributed by atoms with Crippen molar-refractivity contribution in [1.82, 2.24) is 0 Å². The van der Waals surface area contributed by atoms with Crippen LogP contribution in [0.4, 0.5) is 13.2 Å². The van der Waals surface area contributed by atoms with Crippen molar-refractivity contribution in [2.24, 2.45) is 0 Å². The molecule has 0 aliphatic carbocycles. The molecule has 4 aromatic carbocycles. The first-order chi connectivity index (χ1) is 17.0. The van der Waals surface area contributed by atoms with Crippen LogP contribution in [0.15, 0.2) is 112 Å². The summed E-state index contributed by atoms with van der Waals surface area (Å²) in [5, 5.41) is 0. The second-order valence-corrected chi connectivity index (χ2v) is 10.7. The molecule has 0 aromatic heterocycles. The Labute approximate surface area is 214 Å². The number of hydrogen-bond donors (Lipinski definition) is 0. The Kier molecular flexibility index (Phi) is 8.87. The van der Waals surface area contributed by atoms with E-state index in [1.807, 2.05) is 19.1 Å². The maximum absolute atomic E-state index is 12.5. The van der Waals surface area contributed by atoms with Gasteiger partial charge in [-0.2, -0.15) is 21.6 Å². The summed E-state index contributed by atoms with van der Waals surface area (Å²) in [6, 6.07) is 27.5. The normalized spacial score (nSPS) is 11.4. The highest BCUT2D eigenvalue weighted by Gasteiger charge is 2.31. The summed E-state index contributed by atoms with van der Waals surface area (Å²) in [4.78, 5) is 2.24. The van der Waals surface area contributed by atoms with Crippen LogP contribution < -0.4 is 4.18 Å². The summed E-state index contributed by atoms with van der Waals surface area (Å²) in [6.07, 6.45) is -4.52. The van der Waals surface area contributed by atoms with Crippen molar-refractivity contribution in [2.75, 3.05) is 0 Å². The van der Waals surface area contributed by atoms with Crippen molar-refractivity contribution in [3.05, 3.63) is 119 Å². The van der Waals surface area contributed by atoms with E-state index in [9.17, 15) is 21.6 Å². The zero-order valence-electron chi connectivity index (χ0n) is 19.9. The summed E-state index contributed by atoms with van der Waals surface area (Å²) in [6.45, 7) is 5.28. The van der Waals surface area contributed by atoms with Crippen LogP contribution in [0.2, 0.25) is 0 Å². The molecular weight excluding hydrogens is 505 g/mol. The van der Waals surface area contributed by atoms with Gasteiger partial charge < -0.3 is 4.18 Å². The predicted molar refractivity (Wildman–Crippen MR) is 137 cm³/mol. The van der Waals surface area contributed by atoms with Gasteiger partial charge in [0.15, 0.2) is 0 Å². The molecule has 3 nitrogen and oxygen atoms in total. The van der Waals surface area contributed by atoms with Crippen molar-refractivity contribution >= 4 is 21.9 Å². The summed E-state index contributed by atoms with van der Waals surface area (Å²) >= 11 is 1.79. The number of hydrogen-bond acceptors (Lipinski definition) is 4. The van der Waals surface area contributed by atoms with Gasteiger partial charge in [0, 0.05) is 9.79 Å². The predicted octanol–water partition coefficient (Wildman–Crippen LogP) is 8.24. The van der Waals surface area contributed by atoms with E-state index in [2.05, 4.69) is 48.5 Å². The second-order valence-electron chi connectivity index (χ2n) is 8.02. The molecule has 0 aliphatic heterocycles. The minimum atomic E-state index is -4.52. The van der Waals surface area contributed by atoms with Crippen molar-refractivity contribution in [3.8, 4) is 5.75 Å². The fraction of sp³-hybridized carbons (Fsp3) is 0.143. The third-order valence-corrected chi connectivity index (χ3v) is 7.24. The highest BCUT2D eigenvalue weighted by Crippen LogP contribution is 2.31. The van der Waals surface area contributed by atoms with E-state index < -0.39 is 21.9 Å². The van der Waals surface area contributed by atoms with Gasteiger partial charge in [-0.1, -0.05) is 65.9 Å². The zero-order valence-corrected chi connectivity index (χ0v) is 21.5. The lowest BCUT2D eigenvalue weighted by Gasteiger charge is -2.13. The number of alkyl halides is 3. The van der Waals surface area contributed by atoms with E-state index in [0.717, 1.165) is 17.7 Å². The Morgan fingerprint density at radius 2 is 1.14 bits per heavy atom. The average Bonchev–Trinajstić information content (AvgIpc) is 2.83. The van der Waals surface area contributed by atoms with Crippen LogP contribution in [-0.2, 0) is 16.3 Å². The number of halogens is 3. The van der Waals surface area contributed by atoms with Gasteiger partial charge in [0.25, 0.3) is 0 Å². The van der Waals surface area contributed by atoms with Crippen LogP contribution >= 0.6 is 11.8 Å². The molecule has 0 aliphatic rings. The molecular formula is C28H25F3O3S2. The minimum absolute atomic E-state index is 0.190. The molecule has 0 heterocycles. The van der Waals surface area contributed by atoms with Gasteiger partial charge in [-0.25, -0.2) is 0 Å². The first kappa shape index (κ1) is 27.4. The lowest BCUT2D eigenvalue weighted by Crippen LogP contribution is -2.12. The van der Waals surface area contributed by atoms with E-state index in [1.165, 1.54) is 9.79 Å². The van der Waals surface area contributed by atoms with Gasteiger partial charge in [0.1, 0.15) is 10.6 Å². The summed E-state index contributed by atoms with van der Waals surface area (Å²) in [7, 11) is -4.20. The van der Waals surface area contributed by atoms with Crippen LogP contribution in [-0.4, -0.2) is 8.42 Å². The van der Waals surface area contributed by atoms with Crippen LogP contribution in [0.25, 0.3) is 0 Å². The molecule has 0 unspecified atom stereocenters. The van der Waals surface area contributed by atoms with Crippen molar-refractivity contribution in [1.29, 1.82) is 0 Å². The fourth-order valence-electron chi connectivity index (χ4n) is 3.38. The number of benzene rings is 4. The third-order valence-electron chi connectivity index (χ3n) is 4.99. The van der Waals surface area contributed by atoms with Crippen molar-refractivity contribution in [2.45, 2.75) is 41.6 Å². The van der Waals surface area contributed by atoms with Crippen LogP contribution in [0.1, 0.15) is 22.3 Å². The van der Waals surface area contributed by atoms with Gasteiger partial charge in [-0.15, -0.1) is 0 Å². The first-order valence-electron chi connectivity index (χ1n) is 10.9. The highest BCUT2D eigenvalue weighted by molar-refractivity contribution is 7.99. The van der Waals surface area contributed by atoms with Crippen molar-refractivity contribution in [3.63, 3.8) is 0 Å². The van der Waals surface area contributed by atoms with Gasteiger partial charge in [-0.05, 0) is 80.4 Å². The molecule has 188 valence electrons. The molecule has 36 heavy (non-hydrogen) atoms. The van der Waals surface area contributed by atoms with Gasteiger partial charge in [-0.3, -0.25) is 0 Å². The van der Waals surface area contributed by atoms with Gasteiger partial charge in [0.2, 0.25) is 0 Å². The molecule has 0 bridgehead atoms. The Hall–Kier alpha value is -3.23. The lowest BCUT2D eigenvalue weighted by atomic mass is 10.1. The van der Waals surface area contributed by atoms with Gasteiger partial charge >= 0.3 is 16.3 Å². The van der Waals surface area contributed by atoms with E-state index in [1.54, 1.807) is 37.7 Å². The number of rotatable bonds is 5. The molecule has 4 rings (SSSR count). The topological polar surface area (TPSA) is 43.4 Å². The largest absolute Gasteiger partial charge is 0.416 e. The highest BCUT2D eigenvalue weighted by atomic mass is 32.2. The smallest absolute Gasteiger partial charge is 0.378 e. The Morgan fingerprint density at radius 3 is 1.56 bits per heavy atom. The second kappa shape index (κ2) is 11.7. The molecule has 0 saturated carbocycles. The maximum atomic E-state index is 12.5. The summed E-state index contributed by atoms with van der Waals surface area (Å²) in [5.74, 6) is 0.190. The summed E-state index contributed by atoms with van der Waals surface area (Å²) in [5.41, 5.74) is 1.31. The van der Waals surface area contributed by atoms with Crippen LogP contribution in [0.3, 0.4) is 0 Å². The molecule has 0 spiro atoms. The Bertz CT molecular complexity index is 1330. The van der Waals surface area contributed by atoms with E-state index in [0.29, 0.717) is 23.3 Å². The van der Waals surface area contributed by atoms with Crippen molar-refractivity contribution < 1.29 is 25.8 Å². The van der Waals surface area contributed by atoms with E-state index >= 15 is 0 Å². The standard InChI is InChI=1S/C16H15F3O3S.C12H10S/c1-10-8-11(2)15(12(3)9-10)22-23(20,21)14-6-4-13(5-7-14)16(17,18)19;1-3-7-11(8-4-1)13-12-9-5-2-6-10-12/h4-9H,1-3H3;1-10H. The van der Waals surface area contributed by atoms with Crippen LogP contribution in [0, 0.1) is 20.8 Å². The SMILES string of the molecule is Cc1cc(C)c(OS(=O)(=O)c2ccc(C(F)(F)F)cc2)c(C)c1.c1ccc(Sc2ccccc2)cc1. The van der Waals surface area contributed by atoms with E-state index in [-0.39, 0.29) is 10.6 Å². The van der Waals surface area contributed by atoms with Crippen LogP contribution in [0.5, 0.6) is 5.75 Å². The minimum Gasteiger partial charge on any atom is -0.378 e. The van der Waals surface area contributed by atoms with E-state index in [4.69, 9.17) is 4.18 Å². The fourth-order valence-corrected chi connectivity index (χ4v) is 5.29. The molecule has 0 amide bonds. The quantitative estimate of drug-likeness (QED) is 0.244. The Balaban J connectivity index is 0.000000233. The molecule has 8 heteroatoms. The van der Waals surface area contributed by atoms with Gasteiger partial charge in [0.05, 0.1) is 5.56 Å². The third kappa shape index (κ3) is 7.63. The zero-order chi connectivity index (χ0) is 26.3. The first-order valence-corrected chi connectivity index (χ1v) is 13.2. The summed E-state index contributed by atoms with van der Waals surface area (Å²) < 4.78 is 67.2. The molecule has 4 aromatic rings. The molecule has 0 fully saturated rings. The average molecular weight is 531 g/mol.